The van der Waals surface area contributed by atoms with Crippen LogP contribution in [0.2, 0.25) is 0 Å². The lowest BCUT2D eigenvalue weighted by atomic mass is 9.80. The minimum absolute atomic E-state index is 0.111. The maximum absolute atomic E-state index is 12.8. The van der Waals surface area contributed by atoms with Gasteiger partial charge in [-0.1, -0.05) is 31.4 Å². The number of aliphatic hydroxyl groups is 1. The number of carbonyl (C=O) groups is 2. The van der Waals surface area contributed by atoms with Crippen molar-refractivity contribution >= 4 is 11.8 Å². The van der Waals surface area contributed by atoms with Crippen LogP contribution in [0.4, 0.5) is 0 Å². The molecule has 1 saturated carbocycles. The van der Waals surface area contributed by atoms with Gasteiger partial charge in [0.2, 0.25) is 5.91 Å². The molecule has 1 aromatic rings. The highest BCUT2D eigenvalue weighted by molar-refractivity contribution is 5.99. The molecule has 0 bridgehead atoms. The van der Waals surface area contributed by atoms with E-state index in [2.05, 4.69) is 15.5 Å². The topological polar surface area (TPSA) is 90.9 Å². The molecule has 7 heteroatoms. The molecule has 2 amide bonds. The predicted molar refractivity (Wildman–Crippen MR) is 106 cm³/mol. The smallest absolute Gasteiger partial charge is 0.252 e. The number of carbonyl (C=O) groups excluding carboxylic acids is 2. The summed E-state index contributed by atoms with van der Waals surface area (Å²) in [5.41, 5.74) is 0.842. The highest BCUT2D eigenvalue weighted by atomic mass is 16.5. The quantitative estimate of drug-likeness (QED) is 0.649. The maximum atomic E-state index is 12.8. The number of benzene rings is 1. The molecule has 154 valence electrons. The summed E-state index contributed by atoms with van der Waals surface area (Å²) in [7, 11) is 0. The highest BCUT2D eigenvalue weighted by Crippen LogP contribution is 2.29. The summed E-state index contributed by atoms with van der Waals surface area (Å²) in [6.45, 7) is 4.31. The molecule has 1 saturated heterocycles. The second kappa shape index (κ2) is 10.0. The molecule has 0 radical (unpaired) electrons. The van der Waals surface area contributed by atoms with Gasteiger partial charge in [-0.15, -0.1) is 0 Å². The average Bonchev–Trinajstić information content (AvgIpc) is 2.74. The van der Waals surface area contributed by atoms with E-state index in [0.29, 0.717) is 18.4 Å². The summed E-state index contributed by atoms with van der Waals surface area (Å²) in [5.74, 6) is -0.419. The number of ether oxygens (including phenoxy) is 1. The summed E-state index contributed by atoms with van der Waals surface area (Å²) in [4.78, 5) is 27.8. The number of morpholine rings is 1. The van der Waals surface area contributed by atoms with Gasteiger partial charge in [-0.25, -0.2) is 0 Å². The number of hydrogen-bond acceptors (Lipinski definition) is 5. The predicted octanol–water partition coefficient (Wildman–Crippen LogP) is 1.06. The van der Waals surface area contributed by atoms with E-state index in [1.807, 2.05) is 24.3 Å². The van der Waals surface area contributed by atoms with E-state index >= 15 is 0 Å². The Morgan fingerprint density at radius 1 is 1.07 bits per heavy atom. The molecule has 1 heterocycles. The van der Waals surface area contributed by atoms with Crippen LogP contribution in [0.15, 0.2) is 24.3 Å². The third-order valence-corrected chi connectivity index (χ3v) is 5.62. The van der Waals surface area contributed by atoms with Gasteiger partial charge in [-0.2, -0.15) is 0 Å². The van der Waals surface area contributed by atoms with Crippen LogP contribution in [0.1, 0.15) is 48.0 Å². The minimum atomic E-state index is -0.878. The van der Waals surface area contributed by atoms with Crippen molar-refractivity contribution in [3.63, 3.8) is 0 Å². The lowest BCUT2D eigenvalue weighted by Crippen LogP contribution is -2.60. The summed E-state index contributed by atoms with van der Waals surface area (Å²) in [5, 5.41) is 14.7. The van der Waals surface area contributed by atoms with Crippen LogP contribution in [0.25, 0.3) is 0 Å². The van der Waals surface area contributed by atoms with Gasteiger partial charge >= 0.3 is 0 Å². The monoisotopic (exact) mass is 389 g/mol. The van der Waals surface area contributed by atoms with Crippen molar-refractivity contribution in [2.45, 2.75) is 44.2 Å². The van der Waals surface area contributed by atoms with E-state index < -0.39 is 5.54 Å². The summed E-state index contributed by atoms with van der Waals surface area (Å²) < 4.78 is 5.37. The third kappa shape index (κ3) is 5.31. The number of nitrogens with zero attached hydrogens (tertiary/aromatic N) is 1. The first-order valence-corrected chi connectivity index (χ1v) is 10.2. The van der Waals surface area contributed by atoms with E-state index in [1.165, 1.54) is 0 Å². The van der Waals surface area contributed by atoms with Gasteiger partial charge in [0, 0.05) is 31.7 Å². The Morgan fingerprint density at radius 3 is 2.39 bits per heavy atom. The van der Waals surface area contributed by atoms with Crippen molar-refractivity contribution in [1.29, 1.82) is 0 Å². The maximum Gasteiger partial charge on any atom is 0.252 e. The molecule has 0 aromatic heterocycles. The molecule has 2 fully saturated rings. The first-order valence-electron chi connectivity index (χ1n) is 10.2. The molecule has 0 spiro atoms. The molecular formula is C21H31N3O4. The zero-order chi connectivity index (χ0) is 19.8. The van der Waals surface area contributed by atoms with E-state index in [4.69, 9.17) is 9.84 Å². The molecule has 7 nitrogen and oxygen atoms in total. The van der Waals surface area contributed by atoms with Crippen LogP contribution in [-0.2, 0) is 16.1 Å². The Hall–Kier alpha value is -1.96. The Bertz CT molecular complexity index is 650. The molecule has 1 aliphatic carbocycles. The lowest BCUT2D eigenvalue weighted by molar-refractivity contribution is -0.128. The average molecular weight is 389 g/mol. The molecule has 28 heavy (non-hydrogen) atoms. The van der Waals surface area contributed by atoms with Crippen LogP contribution in [0.3, 0.4) is 0 Å². The summed E-state index contributed by atoms with van der Waals surface area (Å²) in [6, 6.07) is 7.61. The number of nitrogens with one attached hydrogen (secondary N) is 2. The van der Waals surface area contributed by atoms with Gasteiger partial charge in [-0.3, -0.25) is 14.5 Å². The zero-order valence-corrected chi connectivity index (χ0v) is 16.4. The van der Waals surface area contributed by atoms with Crippen LogP contribution < -0.4 is 10.6 Å². The number of amides is 2. The van der Waals surface area contributed by atoms with Gasteiger partial charge in [0.1, 0.15) is 5.54 Å². The fourth-order valence-corrected chi connectivity index (χ4v) is 3.97. The van der Waals surface area contributed by atoms with Gasteiger partial charge < -0.3 is 20.5 Å². The fraction of sp³-hybridized carbons (Fsp3) is 0.619. The molecule has 3 N–H and O–H groups in total. The van der Waals surface area contributed by atoms with Crippen molar-refractivity contribution in [2.75, 3.05) is 39.5 Å². The Balaban J connectivity index is 1.63. The zero-order valence-electron chi connectivity index (χ0n) is 16.4. The summed E-state index contributed by atoms with van der Waals surface area (Å²) in [6.07, 6.45) is 4.15. The molecule has 1 aromatic carbocycles. The molecule has 3 rings (SSSR count). The first-order chi connectivity index (χ1) is 13.6. The standard InChI is InChI=1S/C21H31N3O4/c25-13-10-22-20(27)21(8-2-1-3-9-21)23-19(26)18-6-4-17(5-7-18)16-24-11-14-28-15-12-24/h4-7,25H,1-3,8-16H2,(H,22,27)(H,23,26). The van der Waals surface area contributed by atoms with Crippen LogP contribution in [0, 0.1) is 0 Å². The summed E-state index contributed by atoms with van der Waals surface area (Å²) >= 11 is 0. The number of rotatable bonds is 7. The normalized spacial score (nSPS) is 19.8. The minimum Gasteiger partial charge on any atom is -0.395 e. The van der Waals surface area contributed by atoms with Crippen molar-refractivity contribution in [3.05, 3.63) is 35.4 Å². The van der Waals surface area contributed by atoms with E-state index in [-0.39, 0.29) is 25.0 Å². The van der Waals surface area contributed by atoms with Crippen molar-refractivity contribution in [3.8, 4) is 0 Å². The van der Waals surface area contributed by atoms with Crippen molar-refractivity contribution in [2.24, 2.45) is 0 Å². The fourth-order valence-electron chi connectivity index (χ4n) is 3.97. The van der Waals surface area contributed by atoms with Crippen LogP contribution >= 0.6 is 0 Å². The largest absolute Gasteiger partial charge is 0.395 e. The molecule has 0 unspecified atom stereocenters. The van der Waals surface area contributed by atoms with Gasteiger partial charge in [0.15, 0.2) is 0 Å². The molecule has 0 atom stereocenters. The van der Waals surface area contributed by atoms with Gasteiger partial charge in [0.05, 0.1) is 19.8 Å². The second-order valence-electron chi connectivity index (χ2n) is 7.66. The molecular weight excluding hydrogens is 358 g/mol. The first kappa shape index (κ1) is 20.8. The highest BCUT2D eigenvalue weighted by Gasteiger charge is 2.40. The molecule has 1 aliphatic heterocycles. The number of hydrogen-bond donors (Lipinski definition) is 3. The van der Waals surface area contributed by atoms with E-state index in [0.717, 1.165) is 57.7 Å². The van der Waals surface area contributed by atoms with Crippen molar-refractivity contribution in [1.82, 2.24) is 15.5 Å². The third-order valence-electron chi connectivity index (χ3n) is 5.62. The Kier molecular flexibility index (Phi) is 7.42. The van der Waals surface area contributed by atoms with Gasteiger partial charge in [-0.05, 0) is 30.5 Å². The van der Waals surface area contributed by atoms with Crippen molar-refractivity contribution < 1.29 is 19.4 Å². The second-order valence-corrected chi connectivity index (χ2v) is 7.66. The van der Waals surface area contributed by atoms with E-state index in [9.17, 15) is 9.59 Å². The lowest BCUT2D eigenvalue weighted by Gasteiger charge is -2.36. The van der Waals surface area contributed by atoms with Crippen LogP contribution in [-0.4, -0.2) is 66.8 Å². The SMILES string of the molecule is O=C(NC1(C(=O)NCCO)CCCCC1)c1ccc(CN2CCOCC2)cc1. The van der Waals surface area contributed by atoms with Gasteiger partial charge in [0.25, 0.3) is 5.91 Å². The molecule has 2 aliphatic rings. The van der Waals surface area contributed by atoms with E-state index in [1.54, 1.807) is 0 Å². The Labute approximate surface area is 166 Å². The van der Waals surface area contributed by atoms with Crippen LogP contribution in [0.5, 0.6) is 0 Å². The Morgan fingerprint density at radius 2 is 1.75 bits per heavy atom. The number of aliphatic hydroxyl groups excluding tert-OH is 1.